The monoisotopic (exact) mass is 269 g/mol. The second kappa shape index (κ2) is 7.59. The zero-order valence-electron chi connectivity index (χ0n) is 11.9. The fraction of sp³-hybridized carbons (Fsp3) is 0.643. The Bertz CT molecular complexity index is 366. The molecule has 0 bridgehead atoms. The second-order valence-corrected chi connectivity index (χ2v) is 5.17. The molecule has 0 saturated heterocycles. The predicted octanol–water partition coefficient (Wildman–Crippen LogP) is 2.91. The van der Waals surface area contributed by atoms with Crippen LogP contribution in [0, 0.1) is 6.92 Å². The average Bonchev–Trinajstić information content (AvgIpc) is 2.33. The summed E-state index contributed by atoms with van der Waals surface area (Å²) in [6, 6.07) is 4.15. The minimum absolute atomic E-state index is 0.546. The number of nitrogens with zero attached hydrogens (tertiary/aromatic N) is 3. The number of pyridine rings is 1. The molecule has 0 aliphatic rings. The first kappa shape index (κ1) is 15.3. The predicted molar refractivity (Wildman–Crippen MR) is 79.6 cm³/mol. The Morgan fingerprint density at radius 1 is 1.17 bits per heavy atom. The first-order chi connectivity index (χ1) is 8.56. The second-order valence-electron chi connectivity index (χ2n) is 4.90. The Morgan fingerprint density at radius 3 is 2.44 bits per heavy atom. The van der Waals surface area contributed by atoms with Gasteiger partial charge in [0.2, 0.25) is 0 Å². The first-order valence-electron chi connectivity index (χ1n) is 6.50. The lowest BCUT2D eigenvalue weighted by molar-refractivity contribution is 0.412. The number of halogens is 1. The largest absolute Gasteiger partial charge is 0.355 e. The van der Waals surface area contributed by atoms with Crippen LogP contribution in [0.3, 0.4) is 0 Å². The molecular formula is C14H24ClN3. The highest BCUT2D eigenvalue weighted by molar-refractivity contribution is 6.17. The van der Waals surface area contributed by atoms with Crippen molar-refractivity contribution in [2.24, 2.45) is 0 Å². The smallest absolute Gasteiger partial charge is 0.129 e. The summed E-state index contributed by atoms with van der Waals surface area (Å²) in [6.45, 7) is 7.29. The fourth-order valence-corrected chi connectivity index (χ4v) is 2.05. The molecule has 0 aliphatic heterocycles. The third-order valence-corrected chi connectivity index (χ3v) is 3.10. The van der Waals surface area contributed by atoms with E-state index in [0.29, 0.717) is 5.88 Å². The molecule has 18 heavy (non-hydrogen) atoms. The lowest BCUT2D eigenvalue weighted by atomic mass is 10.2. The highest BCUT2D eigenvalue weighted by Crippen LogP contribution is 2.16. The average molecular weight is 270 g/mol. The van der Waals surface area contributed by atoms with Crippen LogP contribution in [0.4, 0.5) is 5.82 Å². The molecule has 3 nitrogen and oxygen atoms in total. The maximum atomic E-state index is 5.93. The van der Waals surface area contributed by atoms with Crippen LogP contribution in [0.25, 0.3) is 0 Å². The number of hydrogen-bond donors (Lipinski definition) is 0. The first-order valence-corrected chi connectivity index (χ1v) is 7.03. The van der Waals surface area contributed by atoms with Crippen molar-refractivity contribution in [1.82, 2.24) is 9.88 Å². The highest BCUT2D eigenvalue weighted by Gasteiger charge is 2.09. The molecule has 1 aromatic rings. The zero-order valence-corrected chi connectivity index (χ0v) is 12.7. The van der Waals surface area contributed by atoms with Crippen LogP contribution in [-0.4, -0.2) is 43.6 Å². The minimum atomic E-state index is 0.546. The molecule has 0 spiro atoms. The minimum Gasteiger partial charge on any atom is -0.355 e. The molecule has 0 aliphatic carbocycles. The van der Waals surface area contributed by atoms with Crippen LogP contribution in [0.2, 0.25) is 0 Å². The summed E-state index contributed by atoms with van der Waals surface area (Å²) in [5.41, 5.74) is 2.18. The van der Waals surface area contributed by atoms with Crippen LogP contribution in [0.1, 0.15) is 24.6 Å². The van der Waals surface area contributed by atoms with Gasteiger partial charge in [0, 0.05) is 31.2 Å². The number of aryl methyl sites for hydroxylation is 1. The quantitative estimate of drug-likeness (QED) is 0.710. The van der Waals surface area contributed by atoms with Crippen LogP contribution >= 0.6 is 11.6 Å². The molecule has 0 amide bonds. The van der Waals surface area contributed by atoms with E-state index in [1.165, 1.54) is 0 Å². The van der Waals surface area contributed by atoms with Gasteiger partial charge in [-0.05, 0) is 45.1 Å². The van der Waals surface area contributed by atoms with Crippen LogP contribution in [-0.2, 0) is 5.88 Å². The number of anilines is 1. The number of aromatic nitrogens is 1. The molecule has 102 valence electrons. The number of alkyl halides is 1. The van der Waals surface area contributed by atoms with Crippen molar-refractivity contribution in [3.63, 3.8) is 0 Å². The van der Waals surface area contributed by atoms with E-state index in [1.54, 1.807) is 0 Å². The van der Waals surface area contributed by atoms with Crippen molar-refractivity contribution < 1.29 is 0 Å². The summed E-state index contributed by atoms with van der Waals surface area (Å²) in [5, 5.41) is 0. The van der Waals surface area contributed by atoms with Gasteiger partial charge in [-0.25, -0.2) is 4.98 Å². The lowest BCUT2D eigenvalue weighted by Gasteiger charge is -2.25. The zero-order chi connectivity index (χ0) is 13.5. The normalized spacial score (nSPS) is 11.0. The van der Waals surface area contributed by atoms with Crippen molar-refractivity contribution in [3.05, 3.63) is 23.4 Å². The van der Waals surface area contributed by atoms with Crippen molar-refractivity contribution in [2.75, 3.05) is 38.6 Å². The summed E-state index contributed by atoms with van der Waals surface area (Å²) in [6.07, 6.45) is 1.12. The van der Waals surface area contributed by atoms with E-state index in [0.717, 1.165) is 43.1 Å². The maximum absolute atomic E-state index is 5.93. The topological polar surface area (TPSA) is 19.4 Å². The van der Waals surface area contributed by atoms with Gasteiger partial charge in [0.15, 0.2) is 0 Å². The standard InChI is InChI=1S/C14H24ClN3/c1-5-6-18(8-7-17(3)4)14-10-13(11-15)9-12(2)16-14/h9-10H,5-8,11H2,1-4H3. The van der Waals surface area contributed by atoms with E-state index in [1.807, 2.05) is 13.0 Å². The van der Waals surface area contributed by atoms with Crippen LogP contribution < -0.4 is 4.90 Å². The molecular weight excluding hydrogens is 246 g/mol. The van der Waals surface area contributed by atoms with E-state index in [2.05, 4.69) is 41.9 Å². The van der Waals surface area contributed by atoms with E-state index < -0.39 is 0 Å². The lowest BCUT2D eigenvalue weighted by Crippen LogP contribution is -2.33. The van der Waals surface area contributed by atoms with Gasteiger partial charge in [0.25, 0.3) is 0 Å². The summed E-state index contributed by atoms with van der Waals surface area (Å²) in [4.78, 5) is 9.16. The summed E-state index contributed by atoms with van der Waals surface area (Å²) in [7, 11) is 4.19. The Balaban J connectivity index is 2.86. The molecule has 1 aromatic heterocycles. The van der Waals surface area contributed by atoms with Gasteiger partial charge in [0.05, 0.1) is 0 Å². The molecule has 0 aromatic carbocycles. The number of hydrogen-bond acceptors (Lipinski definition) is 3. The van der Waals surface area contributed by atoms with E-state index in [4.69, 9.17) is 11.6 Å². The van der Waals surface area contributed by atoms with Gasteiger partial charge in [-0.3, -0.25) is 0 Å². The van der Waals surface area contributed by atoms with Gasteiger partial charge < -0.3 is 9.80 Å². The van der Waals surface area contributed by atoms with Gasteiger partial charge in [-0.1, -0.05) is 6.92 Å². The Labute approximate surface area is 116 Å². The van der Waals surface area contributed by atoms with Gasteiger partial charge in [-0.15, -0.1) is 11.6 Å². The van der Waals surface area contributed by atoms with E-state index in [9.17, 15) is 0 Å². The third-order valence-electron chi connectivity index (χ3n) is 2.79. The number of likely N-dealkylation sites (N-methyl/N-ethyl adjacent to an activating group) is 1. The van der Waals surface area contributed by atoms with Crippen LogP contribution in [0.15, 0.2) is 12.1 Å². The molecule has 0 saturated carbocycles. The van der Waals surface area contributed by atoms with Gasteiger partial charge >= 0.3 is 0 Å². The highest BCUT2D eigenvalue weighted by atomic mass is 35.5. The summed E-state index contributed by atoms with van der Waals surface area (Å²) in [5.74, 6) is 1.60. The molecule has 0 unspecified atom stereocenters. The SMILES string of the molecule is CCCN(CCN(C)C)c1cc(CCl)cc(C)n1. The number of rotatable bonds is 7. The third kappa shape index (κ3) is 4.83. The van der Waals surface area contributed by atoms with Gasteiger partial charge in [-0.2, -0.15) is 0 Å². The van der Waals surface area contributed by atoms with Crippen molar-refractivity contribution in [3.8, 4) is 0 Å². The maximum Gasteiger partial charge on any atom is 0.129 e. The summed E-state index contributed by atoms with van der Waals surface area (Å²) >= 11 is 5.93. The molecule has 1 heterocycles. The molecule has 1 rings (SSSR count). The van der Waals surface area contributed by atoms with Crippen molar-refractivity contribution in [2.45, 2.75) is 26.1 Å². The van der Waals surface area contributed by atoms with Crippen molar-refractivity contribution >= 4 is 17.4 Å². The molecule has 0 fully saturated rings. The van der Waals surface area contributed by atoms with Crippen molar-refractivity contribution in [1.29, 1.82) is 0 Å². The Kier molecular flexibility index (Phi) is 6.44. The Hall–Kier alpha value is -0.800. The molecule has 0 N–H and O–H groups in total. The van der Waals surface area contributed by atoms with Gasteiger partial charge in [0.1, 0.15) is 5.82 Å². The molecule has 0 radical (unpaired) electrons. The Morgan fingerprint density at radius 2 is 1.89 bits per heavy atom. The van der Waals surface area contributed by atoms with Crippen LogP contribution in [0.5, 0.6) is 0 Å². The fourth-order valence-electron chi connectivity index (χ4n) is 1.89. The van der Waals surface area contributed by atoms with E-state index >= 15 is 0 Å². The van der Waals surface area contributed by atoms with E-state index in [-0.39, 0.29) is 0 Å². The molecule has 0 atom stereocenters. The summed E-state index contributed by atoms with van der Waals surface area (Å²) < 4.78 is 0. The molecule has 4 heteroatoms.